The summed E-state index contributed by atoms with van der Waals surface area (Å²) in [6.07, 6.45) is -3.52. The summed E-state index contributed by atoms with van der Waals surface area (Å²) in [5.74, 6) is 0.610. The van der Waals surface area contributed by atoms with Crippen molar-refractivity contribution in [3.8, 4) is 5.75 Å². The Morgan fingerprint density at radius 1 is 1.35 bits per heavy atom. The lowest BCUT2D eigenvalue weighted by Crippen LogP contribution is -2.21. The number of halogens is 4. The van der Waals surface area contributed by atoms with E-state index in [2.05, 4.69) is 15.9 Å². The fraction of sp³-hybridized carbons (Fsp3) is 0.571. The molecule has 1 rings (SSSR count). The van der Waals surface area contributed by atoms with E-state index in [9.17, 15) is 13.2 Å². The third kappa shape index (κ3) is 6.61. The molecular weight excluding hydrogens is 335 g/mol. The number of ether oxygens (including phenoxy) is 1. The van der Waals surface area contributed by atoms with Crippen molar-refractivity contribution in [3.05, 3.63) is 28.2 Å². The first-order valence-corrected chi connectivity index (χ1v) is 7.34. The molecular formula is C14H19BrF3NO. The summed E-state index contributed by atoms with van der Waals surface area (Å²) < 4.78 is 42.5. The van der Waals surface area contributed by atoms with Gasteiger partial charge in [-0.05, 0) is 43.0 Å². The molecule has 0 aromatic heterocycles. The summed E-state index contributed by atoms with van der Waals surface area (Å²) >= 11 is 3.37. The Morgan fingerprint density at radius 3 is 2.65 bits per heavy atom. The topological polar surface area (TPSA) is 35.2 Å². The third-order valence-corrected chi connectivity index (χ3v) is 3.38. The second kappa shape index (κ2) is 7.88. The molecule has 0 aliphatic heterocycles. The first-order chi connectivity index (χ1) is 9.31. The Hall–Kier alpha value is -0.750. The van der Waals surface area contributed by atoms with Gasteiger partial charge in [0, 0.05) is 16.9 Å². The van der Waals surface area contributed by atoms with Gasteiger partial charge in [0.1, 0.15) is 5.75 Å². The molecule has 2 nitrogen and oxygen atoms in total. The monoisotopic (exact) mass is 353 g/mol. The predicted octanol–water partition coefficient (Wildman–Crippen LogP) is 4.45. The van der Waals surface area contributed by atoms with Gasteiger partial charge in [-0.1, -0.05) is 22.9 Å². The van der Waals surface area contributed by atoms with Gasteiger partial charge in [0.25, 0.3) is 0 Å². The van der Waals surface area contributed by atoms with Gasteiger partial charge in [-0.15, -0.1) is 0 Å². The molecule has 0 saturated carbocycles. The molecule has 1 aromatic rings. The van der Waals surface area contributed by atoms with Crippen molar-refractivity contribution in [2.45, 2.75) is 44.8 Å². The molecule has 1 unspecified atom stereocenters. The second-order valence-electron chi connectivity index (χ2n) is 4.69. The maximum Gasteiger partial charge on any atom is 0.389 e. The van der Waals surface area contributed by atoms with E-state index in [0.29, 0.717) is 12.2 Å². The summed E-state index contributed by atoms with van der Waals surface area (Å²) in [5, 5.41) is 0. The number of benzene rings is 1. The molecule has 0 aliphatic rings. The molecule has 0 amide bonds. The SMILES string of the molecule is CCC(N)Cc1cc(Br)ccc1OCCCC(F)(F)F. The predicted molar refractivity (Wildman–Crippen MR) is 76.9 cm³/mol. The van der Waals surface area contributed by atoms with E-state index < -0.39 is 12.6 Å². The molecule has 0 saturated heterocycles. The summed E-state index contributed by atoms with van der Waals surface area (Å²) in [6.45, 7) is 2.04. The molecule has 20 heavy (non-hydrogen) atoms. The molecule has 0 radical (unpaired) electrons. The van der Waals surface area contributed by atoms with Crippen LogP contribution in [-0.2, 0) is 6.42 Å². The van der Waals surface area contributed by atoms with Gasteiger partial charge < -0.3 is 10.5 Å². The van der Waals surface area contributed by atoms with E-state index >= 15 is 0 Å². The van der Waals surface area contributed by atoms with Crippen LogP contribution in [-0.4, -0.2) is 18.8 Å². The maximum absolute atomic E-state index is 12.1. The van der Waals surface area contributed by atoms with Gasteiger partial charge in [-0.25, -0.2) is 0 Å². The van der Waals surface area contributed by atoms with Gasteiger partial charge in [0.05, 0.1) is 6.61 Å². The molecule has 114 valence electrons. The molecule has 6 heteroatoms. The van der Waals surface area contributed by atoms with Crippen LogP contribution in [0.5, 0.6) is 5.75 Å². The lowest BCUT2D eigenvalue weighted by atomic mass is 10.0. The van der Waals surface area contributed by atoms with Crippen LogP contribution in [0.15, 0.2) is 22.7 Å². The quantitative estimate of drug-likeness (QED) is 0.735. The third-order valence-electron chi connectivity index (χ3n) is 2.89. The molecule has 0 fully saturated rings. The number of hydrogen-bond acceptors (Lipinski definition) is 2. The molecule has 2 N–H and O–H groups in total. The van der Waals surface area contributed by atoms with Crippen LogP contribution in [0.2, 0.25) is 0 Å². The summed E-state index contributed by atoms with van der Waals surface area (Å²) in [7, 11) is 0. The largest absolute Gasteiger partial charge is 0.493 e. The fourth-order valence-corrected chi connectivity index (χ4v) is 2.14. The highest BCUT2D eigenvalue weighted by atomic mass is 79.9. The molecule has 0 spiro atoms. The zero-order valence-electron chi connectivity index (χ0n) is 11.3. The molecule has 0 heterocycles. The first-order valence-electron chi connectivity index (χ1n) is 6.55. The summed E-state index contributed by atoms with van der Waals surface area (Å²) in [5.41, 5.74) is 6.83. The minimum Gasteiger partial charge on any atom is -0.493 e. The van der Waals surface area contributed by atoms with Crippen molar-refractivity contribution < 1.29 is 17.9 Å². The highest BCUT2D eigenvalue weighted by Gasteiger charge is 2.26. The average molecular weight is 354 g/mol. The summed E-state index contributed by atoms with van der Waals surface area (Å²) in [4.78, 5) is 0. The van der Waals surface area contributed by atoms with Gasteiger partial charge >= 0.3 is 6.18 Å². The van der Waals surface area contributed by atoms with Crippen LogP contribution in [0.4, 0.5) is 13.2 Å². The Balaban J connectivity index is 2.60. The Kier molecular flexibility index (Phi) is 6.82. The van der Waals surface area contributed by atoms with E-state index in [1.807, 2.05) is 13.0 Å². The van der Waals surface area contributed by atoms with Gasteiger partial charge in [0.15, 0.2) is 0 Å². The number of nitrogens with two attached hydrogens (primary N) is 1. The molecule has 1 atom stereocenters. The van der Waals surface area contributed by atoms with Crippen molar-refractivity contribution in [3.63, 3.8) is 0 Å². The normalized spacial score (nSPS) is 13.3. The Bertz CT molecular complexity index is 423. The molecule has 0 bridgehead atoms. The lowest BCUT2D eigenvalue weighted by Gasteiger charge is -2.15. The van der Waals surface area contributed by atoms with E-state index in [1.54, 1.807) is 12.1 Å². The van der Waals surface area contributed by atoms with Crippen LogP contribution in [0, 0.1) is 0 Å². The number of hydrogen-bond donors (Lipinski definition) is 1. The van der Waals surface area contributed by atoms with Crippen LogP contribution in [0.1, 0.15) is 31.7 Å². The standard InChI is InChI=1S/C14H19BrF3NO/c1-2-12(19)9-10-8-11(15)4-5-13(10)20-7-3-6-14(16,17)18/h4-5,8,12H,2-3,6-7,9,19H2,1H3. The van der Waals surface area contributed by atoms with Crippen molar-refractivity contribution in [1.82, 2.24) is 0 Å². The lowest BCUT2D eigenvalue weighted by molar-refractivity contribution is -0.136. The minimum atomic E-state index is -4.13. The highest BCUT2D eigenvalue weighted by molar-refractivity contribution is 9.10. The minimum absolute atomic E-state index is 0.0156. The Morgan fingerprint density at radius 2 is 2.05 bits per heavy atom. The zero-order chi connectivity index (χ0) is 15.2. The van der Waals surface area contributed by atoms with E-state index in [-0.39, 0.29) is 19.1 Å². The van der Waals surface area contributed by atoms with E-state index in [1.165, 1.54) is 0 Å². The highest BCUT2D eigenvalue weighted by Crippen LogP contribution is 2.26. The summed E-state index contributed by atoms with van der Waals surface area (Å²) in [6, 6.07) is 5.48. The van der Waals surface area contributed by atoms with Crippen molar-refractivity contribution in [2.24, 2.45) is 5.73 Å². The number of rotatable bonds is 7. The zero-order valence-corrected chi connectivity index (χ0v) is 12.9. The van der Waals surface area contributed by atoms with Gasteiger partial charge in [0.2, 0.25) is 0 Å². The first kappa shape index (κ1) is 17.3. The second-order valence-corrected chi connectivity index (χ2v) is 5.61. The van der Waals surface area contributed by atoms with Crippen molar-refractivity contribution in [2.75, 3.05) is 6.61 Å². The van der Waals surface area contributed by atoms with Crippen LogP contribution in [0.25, 0.3) is 0 Å². The van der Waals surface area contributed by atoms with Crippen molar-refractivity contribution in [1.29, 1.82) is 0 Å². The van der Waals surface area contributed by atoms with E-state index in [4.69, 9.17) is 10.5 Å². The smallest absolute Gasteiger partial charge is 0.389 e. The molecule has 0 aliphatic carbocycles. The van der Waals surface area contributed by atoms with Crippen LogP contribution >= 0.6 is 15.9 Å². The molecule has 1 aromatic carbocycles. The van der Waals surface area contributed by atoms with Crippen LogP contribution in [0.3, 0.4) is 0 Å². The van der Waals surface area contributed by atoms with Crippen molar-refractivity contribution >= 4 is 15.9 Å². The fourth-order valence-electron chi connectivity index (χ4n) is 1.73. The van der Waals surface area contributed by atoms with Gasteiger partial charge in [-0.3, -0.25) is 0 Å². The Labute approximate surface area is 125 Å². The maximum atomic E-state index is 12.1. The van der Waals surface area contributed by atoms with Crippen LogP contribution < -0.4 is 10.5 Å². The van der Waals surface area contributed by atoms with E-state index in [0.717, 1.165) is 16.5 Å². The average Bonchev–Trinajstić information content (AvgIpc) is 2.35. The van der Waals surface area contributed by atoms with Gasteiger partial charge in [-0.2, -0.15) is 13.2 Å². The number of alkyl halides is 3.